The lowest BCUT2D eigenvalue weighted by atomic mass is 10.2. The maximum absolute atomic E-state index is 10.9. The first-order valence-electron chi connectivity index (χ1n) is 3.90. The molecule has 11 heavy (non-hydrogen) atoms. The quantitative estimate of drug-likeness (QED) is 0.509. The van der Waals surface area contributed by atoms with Crippen LogP contribution in [0.25, 0.3) is 0 Å². The van der Waals surface area contributed by atoms with E-state index in [1.807, 2.05) is 11.9 Å². The van der Waals surface area contributed by atoms with Gasteiger partial charge in [-0.3, -0.25) is 11.8 Å². The Hall–Kier alpha value is -0.570. The lowest BCUT2D eigenvalue weighted by Crippen LogP contribution is -2.36. The molecule has 0 aromatic heterocycles. The van der Waals surface area contributed by atoms with E-state index in [-0.39, 0.29) is 5.91 Å². The summed E-state index contributed by atoms with van der Waals surface area (Å²) in [6.45, 7) is 3.52. The molecule has 0 radical (unpaired) electrons. The zero-order valence-electron chi connectivity index (χ0n) is 7.21. The van der Waals surface area contributed by atoms with Crippen LogP contribution >= 0.6 is 0 Å². The molecule has 1 heterocycles. The van der Waals surface area contributed by atoms with Crippen molar-refractivity contribution in [2.24, 2.45) is 0 Å². The molecule has 0 spiro atoms. The zero-order valence-corrected chi connectivity index (χ0v) is 7.21. The van der Waals surface area contributed by atoms with Crippen molar-refractivity contribution in [3.8, 4) is 0 Å². The van der Waals surface area contributed by atoms with E-state index in [4.69, 9.17) is 0 Å². The summed E-state index contributed by atoms with van der Waals surface area (Å²) in [4.78, 5) is 14.7. The smallest absolute Gasteiger partial charge is 0.219 e. The minimum absolute atomic E-state index is 0.144. The monoisotopic (exact) mass is 155 g/mol. The zero-order chi connectivity index (χ0) is 8.43. The third kappa shape index (κ3) is 1.93. The minimum atomic E-state index is 0.144. The second kappa shape index (κ2) is 3.22. The molecule has 3 nitrogen and oxygen atoms in total. The van der Waals surface area contributed by atoms with Crippen molar-refractivity contribution in [2.45, 2.75) is 19.4 Å². The highest BCUT2D eigenvalue weighted by molar-refractivity contribution is 5.73. The average Bonchev–Trinajstić information content (AvgIpc) is 2.34. The van der Waals surface area contributed by atoms with Crippen LogP contribution in [0.2, 0.25) is 0 Å². The van der Waals surface area contributed by atoms with Crippen molar-refractivity contribution >= 4 is 5.91 Å². The molecule has 0 N–H and O–H groups in total. The van der Waals surface area contributed by atoms with Gasteiger partial charge in [0.2, 0.25) is 5.91 Å². The first kappa shape index (κ1) is 8.53. The van der Waals surface area contributed by atoms with Crippen molar-refractivity contribution in [3.63, 3.8) is 0 Å². The molecule has 1 aliphatic rings. The van der Waals surface area contributed by atoms with E-state index in [1.165, 1.54) is 0 Å². The van der Waals surface area contributed by atoms with E-state index < -0.39 is 0 Å². The van der Waals surface area contributed by atoms with Crippen LogP contribution in [-0.4, -0.2) is 41.9 Å². The van der Waals surface area contributed by atoms with Crippen molar-refractivity contribution in [2.75, 3.05) is 20.1 Å². The van der Waals surface area contributed by atoms with Crippen molar-refractivity contribution < 1.29 is 4.79 Å². The van der Waals surface area contributed by atoms with Gasteiger partial charge in [0, 0.05) is 20.0 Å². The normalized spacial score (nSPS) is 25.5. The third-order valence-electron chi connectivity index (χ3n) is 2.29. The van der Waals surface area contributed by atoms with Crippen LogP contribution < -0.4 is 0 Å². The van der Waals surface area contributed by atoms with Gasteiger partial charge in [-0.15, -0.1) is 0 Å². The molecule has 0 aromatic carbocycles. The fourth-order valence-corrected chi connectivity index (χ4v) is 1.39. The van der Waals surface area contributed by atoms with Crippen molar-refractivity contribution in [1.29, 1.82) is 0 Å². The van der Waals surface area contributed by atoms with Gasteiger partial charge in [0.15, 0.2) is 0 Å². The Labute approximate surface area is 68.0 Å². The number of hydrogen-bond donors (Lipinski definition) is 0. The predicted octanol–water partition coefficient (Wildman–Crippen LogP) is 0.331. The summed E-state index contributed by atoms with van der Waals surface area (Å²) in [7, 11) is 5.68. The van der Waals surface area contributed by atoms with E-state index >= 15 is 0 Å². The molecular weight excluding hydrogens is 140 g/mol. The molecule has 0 saturated carbocycles. The fourth-order valence-electron chi connectivity index (χ4n) is 1.39. The minimum Gasteiger partial charge on any atom is -0.457 e. The molecule has 1 aliphatic heterocycles. The van der Waals surface area contributed by atoms with Gasteiger partial charge in [0.1, 0.15) is 0 Å². The summed E-state index contributed by atoms with van der Waals surface area (Å²) in [5.41, 5.74) is 0. The number of carbonyl (C=O) groups excluding carboxylic acids is 1. The Balaban J connectivity index is 2.43. The molecule has 1 unspecified atom stereocenters. The summed E-state index contributed by atoms with van der Waals surface area (Å²) in [5, 5.41) is 0. The van der Waals surface area contributed by atoms with Crippen LogP contribution in [0.3, 0.4) is 0 Å². The van der Waals surface area contributed by atoms with Gasteiger partial charge >= 0.3 is 0 Å². The number of carbonyl (C=O) groups is 1. The number of rotatable bonds is 1. The Kier molecular flexibility index (Phi) is 2.49. The molecular formula is C8H15N2O-. The number of likely N-dealkylation sites (tertiary alicyclic amines) is 1. The predicted molar refractivity (Wildman–Crippen MR) is 43.8 cm³/mol. The van der Waals surface area contributed by atoms with Crippen LogP contribution in [0, 0.1) is 7.05 Å². The molecule has 0 bridgehead atoms. The topological polar surface area (TPSA) is 23.6 Å². The Morgan fingerprint density at radius 3 is 2.73 bits per heavy atom. The van der Waals surface area contributed by atoms with Crippen LogP contribution in [0.1, 0.15) is 13.3 Å². The van der Waals surface area contributed by atoms with Gasteiger partial charge in [0.05, 0.1) is 0 Å². The fraction of sp³-hybridized carbons (Fsp3) is 0.750. The molecule has 1 rings (SSSR count). The maximum atomic E-state index is 10.9. The number of likely N-dealkylation sites (N-methyl/N-ethyl adjacent to an activating group) is 1. The standard InChI is InChI=1S/C8H15N2O/c1-7(11)10(3)8-4-5-9(2)6-8/h8H,2,4-6H2,1,3H3/q-1. The summed E-state index contributed by atoms with van der Waals surface area (Å²) in [5.74, 6) is 0.144. The van der Waals surface area contributed by atoms with Crippen molar-refractivity contribution in [1.82, 2.24) is 9.80 Å². The second-order valence-electron chi connectivity index (χ2n) is 3.15. The number of nitrogens with zero attached hydrogens (tertiary/aromatic N) is 2. The first-order chi connectivity index (χ1) is 5.11. The summed E-state index contributed by atoms with van der Waals surface area (Å²) in [6, 6.07) is 0.380. The Morgan fingerprint density at radius 1 is 1.73 bits per heavy atom. The van der Waals surface area contributed by atoms with Gasteiger partial charge in [-0.25, -0.2) is 0 Å². The largest absolute Gasteiger partial charge is 0.457 e. The average molecular weight is 155 g/mol. The maximum Gasteiger partial charge on any atom is 0.219 e. The molecule has 0 aliphatic carbocycles. The summed E-state index contributed by atoms with van der Waals surface area (Å²) in [6.07, 6.45) is 1.06. The SMILES string of the molecule is [CH2-]N1CCC(N(C)C(C)=O)C1. The summed E-state index contributed by atoms with van der Waals surface area (Å²) < 4.78 is 0. The molecule has 1 amide bonds. The van der Waals surface area contributed by atoms with E-state index in [2.05, 4.69) is 7.05 Å². The van der Waals surface area contributed by atoms with E-state index in [1.54, 1.807) is 11.8 Å². The second-order valence-corrected chi connectivity index (χ2v) is 3.15. The highest BCUT2D eigenvalue weighted by Gasteiger charge is 2.21. The van der Waals surface area contributed by atoms with Crippen molar-refractivity contribution in [3.05, 3.63) is 7.05 Å². The van der Waals surface area contributed by atoms with Gasteiger partial charge in [-0.05, 0) is 19.5 Å². The lowest BCUT2D eigenvalue weighted by Gasteiger charge is -2.24. The Morgan fingerprint density at radius 2 is 2.36 bits per heavy atom. The van der Waals surface area contributed by atoms with Gasteiger partial charge in [-0.1, -0.05) is 0 Å². The summed E-state index contributed by atoms with van der Waals surface area (Å²) >= 11 is 0. The Bertz CT molecular complexity index is 158. The molecule has 64 valence electrons. The molecule has 1 atom stereocenters. The molecule has 1 saturated heterocycles. The van der Waals surface area contributed by atoms with Gasteiger partial charge in [0.25, 0.3) is 0 Å². The van der Waals surface area contributed by atoms with Gasteiger partial charge in [-0.2, -0.15) is 0 Å². The molecule has 1 fully saturated rings. The number of hydrogen-bond acceptors (Lipinski definition) is 2. The lowest BCUT2D eigenvalue weighted by molar-refractivity contribution is -0.129. The van der Waals surface area contributed by atoms with Crippen LogP contribution in [0.5, 0.6) is 0 Å². The first-order valence-corrected chi connectivity index (χ1v) is 3.90. The molecule has 0 aromatic rings. The highest BCUT2D eigenvalue weighted by atomic mass is 16.2. The van der Waals surface area contributed by atoms with Crippen LogP contribution in [-0.2, 0) is 4.79 Å². The highest BCUT2D eigenvalue weighted by Crippen LogP contribution is 2.12. The molecule has 3 heteroatoms. The van der Waals surface area contributed by atoms with E-state index in [0.29, 0.717) is 6.04 Å². The van der Waals surface area contributed by atoms with Gasteiger partial charge < -0.3 is 9.80 Å². The van der Waals surface area contributed by atoms with Crippen LogP contribution in [0.15, 0.2) is 0 Å². The van der Waals surface area contributed by atoms with E-state index in [0.717, 1.165) is 19.5 Å². The third-order valence-corrected chi connectivity index (χ3v) is 2.29. The van der Waals surface area contributed by atoms with E-state index in [9.17, 15) is 4.79 Å². The number of amides is 1. The van der Waals surface area contributed by atoms with Crippen LogP contribution in [0.4, 0.5) is 0 Å².